The number of esters is 1. The van der Waals surface area contributed by atoms with Crippen molar-refractivity contribution in [3.05, 3.63) is 24.3 Å². The van der Waals surface area contributed by atoms with E-state index in [2.05, 4.69) is 6.92 Å². The molecule has 3 rings (SSSR count). The van der Waals surface area contributed by atoms with Crippen LogP contribution in [0, 0.1) is 5.92 Å². The van der Waals surface area contributed by atoms with Gasteiger partial charge in [0.2, 0.25) is 5.91 Å². The third-order valence-electron chi connectivity index (χ3n) is 6.07. The van der Waals surface area contributed by atoms with Crippen LogP contribution in [0.2, 0.25) is 0 Å². The molecule has 2 heterocycles. The van der Waals surface area contributed by atoms with Gasteiger partial charge in [-0.05, 0) is 63.5 Å². The van der Waals surface area contributed by atoms with Gasteiger partial charge in [0, 0.05) is 0 Å². The number of hydrogen-bond donors (Lipinski definition) is 0. The van der Waals surface area contributed by atoms with E-state index in [1.54, 1.807) is 19.1 Å². The smallest absolute Gasteiger partial charge is 0.309 e. The first-order chi connectivity index (χ1) is 15.0. The Morgan fingerprint density at radius 3 is 2.39 bits per heavy atom. The monoisotopic (exact) mass is 430 g/mol. The van der Waals surface area contributed by atoms with Crippen molar-refractivity contribution in [1.29, 1.82) is 0 Å². The Morgan fingerprint density at radius 1 is 1.03 bits per heavy atom. The van der Waals surface area contributed by atoms with E-state index in [-0.39, 0.29) is 30.1 Å². The second kappa shape index (κ2) is 11.3. The summed E-state index contributed by atoms with van der Waals surface area (Å²) in [6.45, 7) is 6.27. The number of benzene rings is 1. The van der Waals surface area contributed by atoms with Crippen molar-refractivity contribution < 1.29 is 23.9 Å². The van der Waals surface area contributed by atoms with E-state index in [1.807, 2.05) is 17.0 Å². The van der Waals surface area contributed by atoms with Gasteiger partial charge in [-0.2, -0.15) is 0 Å². The molecular formula is C24H34N2O5. The van der Waals surface area contributed by atoms with Gasteiger partial charge in [0.05, 0.1) is 37.3 Å². The number of amides is 2. The van der Waals surface area contributed by atoms with Crippen molar-refractivity contribution in [2.24, 2.45) is 5.92 Å². The highest BCUT2D eigenvalue weighted by molar-refractivity contribution is 6.22. The minimum Gasteiger partial charge on any atom is -0.494 e. The first-order valence-corrected chi connectivity index (χ1v) is 11.6. The lowest BCUT2D eigenvalue weighted by Gasteiger charge is -2.33. The third-order valence-corrected chi connectivity index (χ3v) is 6.07. The number of hydrogen-bond acceptors (Lipinski definition) is 6. The highest BCUT2D eigenvalue weighted by atomic mass is 16.5. The fourth-order valence-corrected chi connectivity index (χ4v) is 4.29. The fraction of sp³-hybridized carbons (Fsp3) is 0.625. The van der Waals surface area contributed by atoms with Crippen molar-refractivity contribution >= 4 is 23.5 Å². The standard InChI is InChI=1S/C24H34N2O5/c1-3-5-6-7-16-31-20-10-8-19(9-11-20)26-22(27)17-21(23(26)28)25-14-12-18(13-15-25)24(29)30-4-2/h8-11,18,21H,3-7,12-17H2,1-2H3/t21-/m1/s1. The number of rotatable bonds is 10. The molecule has 2 saturated heterocycles. The third kappa shape index (κ3) is 5.85. The molecule has 31 heavy (non-hydrogen) atoms. The maximum absolute atomic E-state index is 13.0. The lowest BCUT2D eigenvalue weighted by molar-refractivity contribution is -0.149. The summed E-state index contributed by atoms with van der Waals surface area (Å²) in [5.41, 5.74) is 0.581. The number of likely N-dealkylation sites (tertiary alicyclic amines) is 1. The lowest BCUT2D eigenvalue weighted by Crippen LogP contribution is -2.47. The van der Waals surface area contributed by atoms with Gasteiger partial charge in [-0.1, -0.05) is 26.2 Å². The summed E-state index contributed by atoms with van der Waals surface area (Å²) < 4.78 is 10.9. The number of piperidine rings is 1. The summed E-state index contributed by atoms with van der Waals surface area (Å²) in [4.78, 5) is 40.9. The van der Waals surface area contributed by atoms with E-state index in [9.17, 15) is 14.4 Å². The van der Waals surface area contributed by atoms with Gasteiger partial charge in [-0.25, -0.2) is 4.90 Å². The van der Waals surface area contributed by atoms with E-state index < -0.39 is 6.04 Å². The van der Waals surface area contributed by atoms with E-state index in [4.69, 9.17) is 9.47 Å². The molecule has 1 atom stereocenters. The normalized spacial score (nSPS) is 20.3. The highest BCUT2D eigenvalue weighted by Gasteiger charge is 2.44. The maximum atomic E-state index is 13.0. The van der Waals surface area contributed by atoms with Gasteiger partial charge >= 0.3 is 5.97 Å². The molecular weight excluding hydrogens is 396 g/mol. The molecule has 170 valence electrons. The van der Waals surface area contributed by atoms with E-state index in [1.165, 1.54) is 17.7 Å². The zero-order valence-electron chi connectivity index (χ0n) is 18.7. The molecule has 0 unspecified atom stereocenters. The van der Waals surface area contributed by atoms with Gasteiger partial charge in [0.25, 0.3) is 5.91 Å². The maximum Gasteiger partial charge on any atom is 0.309 e. The zero-order chi connectivity index (χ0) is 22.2. The molecule has 0 bridgehead atoms. The van der Waals surface area contributed by atoms with Crippen LogP contribution in [0.3, 0.4) is 0 Å². The summed E-state index contributed by atoms with van der Waals surface area (Å²) in [5, 5.41) is 0. The Hall–Kier alpha value is -2.41. The lowest BCUT2D eigenvalue weighted by atomic mass is 9.95. The molecule has 7 heteroatoms. The fourth-order valence-electron chi connectivity index (χ4n) is 4.29. The van der Waals surface area contributed by atoms with Crippen LogP contribution in [-0.4, -0.2) is 55.0 Å². The number of ether oxygens (including phenoxy) is 2. The summed E-state index contributed by atoms with van der Waals surface area (Å²) in [6, 6.07) is 6.71. The molecule has 0 aromatic heterocycles. The summed E-state index contributed by atoms with van der Waals surface area (Å²) in [7, 11) is 0. The minimum absolute atomic E-state index is 0.117. The predicted molar refractivity (Wildman–Crippen MR) is 118 cm³/mol. The molecule has 0 aliphatic carbocycles. The molecule has 2 fully saturated rings. The van der Waals surface area contributed by atoms with Crippen LogP contribution in [0.15, 0.2) is 24.3 Å². The SMILES string of the molecule is CCCCCCOc1ccc(N2C(=O)C[C@@H](N3CCC(C(=O)OCC)CC3)C2=O)cc1. The summed E-state index contributed by atoms with van der Waals surface area (Å²) >= 11 is 0. The van der Waals surface area contributed by atoms with Gasteiger partial charge in [-0.15, -0.1) is 0 Å². The van der Waals surface area contributed by atoms with E-state index >= 15 is 0 Å². The average molecular weight is 431 g/mol. The van der Waals surface area contributed by atoms with E-state index in [0.717, 1.165) is 18.6 Å². The molecule has 0 saturated carbocycles. The second-order valence-corrected chi connectivity index (χ2v) is 8.25. The molecule has 0 spiro atoms. The molecule has 1 aromatic carbocycles. The number of carbonyl (C=O) groups excluding carboxylic acids is 3. The Bertz CT molecular complexity index is 756. The summed E-state index contributed by atoms with van der Waals surface area (Å²) in [6.07, 6.45) is 6.07. The van der Waals surface area contributed by atoms with Crippen LogP contribution in [0.25, 0.3) is 0 Å². The van der Waals surface area contributed by atoms with Gasteiger partial charge in [0.1, 0.15) is 5.75 Å². The van der Waals surface area contributed by atoms with Crippen LogP contribution in [0.1, 0.15) is 58.8 Å². The van der Waals surface area contributed by atoms with Crippen LogP contribution >= 0.6 is 0 Å². The average Bonchev–Trinajstić information content (AvgIpc) is 3.08. The Balaban J connectivity index is 1.54. The minimum atomic E-state index is -0.454. The topological polar surface area (TPSA) is 76.2 Å². The quantitative estimate of drug-likeness (QED) is 0.321. The first-order valence-electron chi connectivity index (χ1n) is 11.6. The number of unbranched alkanes of at least 4 members (excludes halogenated alkanes) is 3. The molecule has 2 aliphatic heterocycles. The van der Waals surface area contributed by atoms with Crippen LogP contribution < -0.4 is 9.64 Å². The van der Waals surface area contributed by atoms with Crippen molar-refractivity contribution in [2.75, 3.05) is 31.2 Å². The Kier molecular flexibility index (Phi) is 8.46. The highest BCUT2D eigenvalue weighted by Crippen LogP contribution is 2.30. The van der Waals surface area contributed by atoms with Crippen molar-refractivity contribution in [1.82, 2.24) is 4.90 Å². The molecule has 0 radical (unpaired) electrons. The van der Waals surface area contributed by atoms with Crippen LogP contribution in [0.4, 0.5) is 5.69 Å². The molecule has 2 aliphatic rings. The molecule has 2 amide bonds. The van der Waals surface area contributed by atoms with Gasteiger partial charge in [-0.3, -0.25) is 19.3 Å². The predicted octanol–water partition coefficient (Wildman–Crippen LogP) is 3.55. The second-order valence-electron chi connectivity index (χ2n) is 8.25. The van der Waals surface area contributed by atoms with Gasteiger partial charge in [0.15, 0.2) is 0 Å². The number of carbonyl (C=O) groups is 3. The van der Waals surface area contributed by atoms with Crippen molar-refractivity contribution in [2.45, 2.75) is 64.8 Å². The zero-order valence-corrected chi connectivity index (χ0v) is 18.7. The van der Waals surface area contributed by atoms with Crippen LogP contribution in [-0.2, 0) is 19.1 Å². The number of anilines is 1. The van der Waals surface area contributed by atoms with Crippen molar-refractivity contribution in [3.8, 4) is 5.75 Å². The molecule has 1 aromatic rings. The largest absolute Gasteiger partial charge is 0.494 e. The first kappa shape index (κ1) is 23.3. The van der Waals surface area contributed by atoms with Crippen molar-refractivity contribution in [3.63, 3.8) is 0 Å². The number of nitrogens with zero attached hydrogens (tertiary/aromatic N) is 2. The Morgan fingerprint density at radius 2 is 1.74 bits per heavy atom. The van der Waals surface area contributed by atoms with E-state index in [0.29, 0.717) is 44.8 Å². The molecule has 7 nitrogen and oxygen atoms in total. The van der Waals surface area contributed by atoms with Gasteiger partial charge < -0.3 is 9.47 Å². The Labute approximate surface area is 184 Å². The van der Waals surface area contributed by atoms with Crippen LogP contribution in [0.5, 0.6) is 5.75 Å². The number of imide groups is 1. The molecule has 0 N–H and O–H groups in total. The summed E-state index contributed by atoms with van der Waals surface area (Å²) in [5.74, 6) is 0.0970.